The molecule has 0 radical (unpaired) electrons. The fourth-order valence-corrected chi connectivity index (χ4v) is 3.23. The predicted octanol–water partition coefficient (Wildman–Crippen LogP) is 3.43. The van der Waals surface area contributed by atoms with Crippen molar-refractivity contribution >= 4 is 28.2 Å². The summed E-state index contributed by atoms with van der Waals surface area (Å²) >= 11 is 0. The lowest BCUT2D eigenvalue weighted by Gasteiger charge is -2.15. The first-order chi connectivity index (χ1) is 14.6. The molecule has 30 heavy (non-hydrogen) atoms. The van der Waals surface area contributed by atoms with E-state index in [2.05, 4.69) is 15.7 Å². The monoisotopic (exact) mass is 403 g/mol. The zero-order chi connectivity index (χ0) is 21.1. The van der Waals surface area contributed by atoms with Crippen molar-refractivity contribution in [2.24, 2.45) is 5.84 Å². The highest BCUT2D eigenvalue weighted by atomic mass is 16.5. The van der Waals surface area contributed by atoms with Gasteiger partial charge in [-0.3, -0.25) is 10.2 Å². The van der Waals surface area contributed by atoms with E-state index >= 15 is 0 Å². The number of methoxy groups -OCH3 is 2. The number of rotatable bonds is 6. The van der Waals surface area contributed by atoms with E-state index in [9.17, 15) is 4.79 Å². The molecule has 0 spiro atoms. The van der Waals surface area contributed by atoms with Gasteiger partial charge in [0, 0.05) is 17.4 Å². The molecule has 4 rings (SSSR count). The lowest BCUT2D eigenvalue weighted by atomic mass is 10.2. The Morgan fingerprint density at radius 2 is 1.53 bits per heavy atom. The van der Waals surface area contributed by atoms with Crippen molar-refractivity contribution in [1.82, 2.24) is 9.55 Å². The van der Waals surface area contributed by atoms with Crippen LogP contribution >= 0.6 is 0 Å². The molecular weight excluding hydrogens is 382 g/mol. The minimum atomic E-state index is -0.280. The van der Waals surface area contributed by atoms with Crippen molar-refractivity contribution in [3.05, 3.63) is 77.1 Å². The molecule has 0 aliphatic carbocycles. The summed E-state index contributed by atoms with van der Waals surface area (Å²) in [5, 5.41) is 3.70. The van der Waals surface area contributed by atoms with Crippen LogP contribution in [0.4, 0.5) is 17.3 Å². The van der Waals surface area contributed by atoms with Crippen LogP contribution in [0.25, 0.3) is 16.6 Å². The molecule has 0 unspecified atom stereocenters. The van der Waals surface area contributed by atoms with Crippen molar-refractivity contribution in [3.8, 4) is 17.2 Å². The molecular formula is C22H21N5O3. The summed E-state index contributed by atoms with van der Waals surface area (Å²) in [5.74, 6) is 6.81. The van der Waals surface area contributed by atoms with Gasteiger partial charge < -0.3 is 14.8 Å². The normalized spacial score (nSPS) is 10.6. The van der Waals surface area contributed by atoms with Crippen LogP contribution in [0.15, 0.2) is 71.5 Å². The van der Waals surface area contributed by atoms with E-state index < -0.39 is 0 Å². The van der Waals surface area contributed by atoms with Crippen molar-refractivity contribution in [1.29, 1.82) is 0 Å². The van der Waals surface area contributed by atoms with E-state index in [0.717, 1.165) is 11.4 Å². The van der Waals surface area contributed by atoms with E-state index in [1.165, 1.54) is 18.8 Å². The highest BCUT2D eigenvalue weighted by Crippen LogP contribution is 2.31. The minimum Gasteiger partial charge on any atom is -0.493 e. The summed E-state index contributed by atoms with van der Waals surface area (Å²) in [5.41, 5.74) is 5.16. The quantitative estimate of drug-likeness (QED) is 0.335. The SMILES string of the molecule is COc1cc2nc(NN)n(-c3ccc(Nc4ccccc4)cc3)c(=O)c2cc1OC. The van der Waals surface area contributed by atoms with Crippen LogP contribution < -0.4 is 31.6 Å². The van der Waals surface area contributed by atoms with Gasteiger partial charge in [0.05, 0.1) is 30.8 Å². The number of hydrogen-bond donors (Lipinski definition) is 3. The summed E-state index contributed by atoms with van der Waals surface area (Å²) in [7, 11) is 3.04. The molecule has 1 aromatic heterocycles. The van der Waals surface area contributed by atoms with E-state index in [0.29, 0.717) is 28.1 Å². The second-order valence-corrected chi connectivity index (χ2v) is 6.48. The van der Waals surface area contributed by atoms with Gasteiger partial charge in [0.2, 0.25) is 5.95 Å². The minimum absolute atomic E-state index is 0.212. The number of nitrogens with two attached hydrogens (primary N) is 1. The summed E-state index contributed by atoms with van der Waals surface area (Å²) in [6, 6.07) is 20.5. The van der Waals surface area contributed by atoms with Gasteiger partial charge in [-0.2, -0.15) is 0 Å². The molecule has 8 heteroatoms. The molecule has 0 aliphatic heterocycles. The molecule has 4 N–H and O–H groups in total. The van der Waals surface area contributed by atoms with Crippen molar-refractivity contribution < 1.29 is 9.47 Å². The number of nitrogens with one attached hydrogen (secondary N) is 2. The van der Waals surface area contributed by atoms with Gasteiger partial charge >= 0.3 is 0 Å². The number of hydrogen-bond acceptors (Lipinski definition) is 7. The van der Waals surface area contributed by atoms with Gasteiger partial charge in [0.25, 0.3) is 5.56 Å². The second kappa shape index (κ2) is 8.14. The number of para-hydroxylation sites is 1. The molecule has 0 bridgehead atoms. The zero-order valence-electron chi connectivity index (χ0n) is 16.5. The Hall–Kier alpha value is -4.04. The summed E-state index contributed by atoms with van der Waals surface area (Å²) in [6.07, 6.45) is 0. The second-order valence-electron chi connectivity index (χ2n) is 6.48. The fourth-order valence-electron chi connectivity index (χ4n) is 3.23. The maximum atomic E-state index is 13.3. The molecule has 0 fully saturated rings. The van der Waals surface area contributed by atoms with Crippen LogP contribution in [0.3, 0.4) is 0 Å². The van der Waals surface area contributed by atoms with Crippen LogP contribution in [-0.2, 0) is 0 Å². The van der Waals surface area contributed by atoms with Gasteiger partial charge in [-0.05, 0) is 42.5 Å². The predicted molar refractivity (Wildman–Crippen MR) is 118 cm³/mol. The first kappa shape index (κ1) is 19.3. The van der Waals surface area contributed by atoms with Gasteiger partial charge in [0.15, 0.2) is 11.5 Å². The Morgan fingerprint density at radius 1 is 0.900 bits per heavy atom. The van der Waals surface area contributed by atoms with Crippen LogP contribution in [0.2, 0.25) is 0 Å². The van der Waals surface area contributed by atoms with Gasteiger partial charge in [0.1, 0.15) is 0 Å². The molecule has 4 aromatic rings. The summed E-state index contributed by atoms with van der Waals surface area (Å²) in [4.78, 5) is 17.7. The third-order valence-corrected chi connectivity index (χ3v) is 4.69. The molecule has 0 saturated heterocycles. The molecule has 0 atom stereocenters. The van der Waals surface area contributed by atoms with E-state index in [1.54, 1.807) is 12.1 Å². The maximum Gasteiger partial charge on any atom is 0.267 e. The number of fused-ring (bicyclic) bond motifs is 1. The molecule has 0 amide bonds. The molecule has 0 saturated carbocycles. The standard InChI is InChI=1S/C22H21N5O3/c1-29-19-12-17-18(13-20(19)30-2)25-22(26-23)27(21(17)28)16-10-8-15(9-11-16)24-14-6-4-3-5-7-14/h3-13,24H,23H2,1-2H3,(H,25,26). The Labute approximate surface area is 172 Å². The van der Waals surface area contributed by atoms with Crippen LogP contribution in [0.5, 0.6) is 11.5 Å². The zero-order valence-corrected chi connectivity index (χ0v) is 16.5. The number of nitrogen functional groups attached to an aromatic ring is 1. The maximum absolute atomic E-state index is 13.3. The van der Waals surface area contributed by atoms with E-state index in [4.69, 9.17) is 15.3 Å². The summed E-state index contributed by atoms with van der Waals surface area (Å²) < 4.78 is 12.0. The number of hydrazine groups is 1. The molecule has 152 valence electrons. The first-order valence-corrected chi connectivity index (χ1v) is 9.22. The van der Waals surface area contributed by atoms with Crippen molar-refractivity contribution in [2.45, 2.75) is 0 Å². The Bertz CT molecular complexity index is 1240. The number of benzene rings is 3. The third-order valence-electron chi connectivity index (χ3n) is 4.69. The van der Waals surface area contributed by atoms with Gasteiger partial charge in [-0.25, -0.2) is 15.4 Å². The molecule has 8 nitrogen and oxygen atoms in total. The number of aromatic nitrogens is 2. The highest BCUT2D eigenvalue weighted by molar-refractivity contribution is 5.83. The average Bonchev–Trinajstić information content (AvgIpc) is 2.79. The molecule has 0 aliphatic rings. The lowest BCUT2D eigenvalue weighted by molar-refractivity contribution is 0.355. The number of nitrogens with zero attached hydrogens (tertiary/aromatic N) is 2. The topological polar surface area (TPSA) is 103 Å². The smallest absolute Gasteiger partial charge is 0.267 e. The Balaban J connectivity index is 1.79. The highest BCUT2D eigenvalue weighted by Gasteiger charge is 2.16. The van der Waals surface area contributed by atoms with Crippen LogP contribution in [0, 0.1) is 0 Å². The van der Waals surface area contributed by atoms with Crippen molar-refractivity contribution in [2.75, 3.05) is 25.0 Å². The third kappa shape index (κ3) is 3.51. The lowest BCUT2D eigenvalue weighted by Crippen LogP contribution is -2.26. The Morgan fingerprint density at radius 3 is 2.17 bits per heavy atom. The summed E-state index contributed by atoms with van der Waals surface area (Å²) in [6.45, 7) is 0. The van der Waals surface area contributed by atoms with Crippen molar-refractivity contribution in [3.63, 3.8) is 0 Å². The molecule has 3 aromatic carbocycles. The number of ether oxygens (including phenoxy) is 2. The van der Waals surface area contributed by atoms with Crippen LogP contribution in [0.1, 0.15) is 0 Å². The average molecular weight is 403 g/mol. The molecule has 1 heterocycles. The van der Waals surface area contributed by atoms with Crippen LogP contribution in [-0.4, -0.2) is 23.8 Å². The van der Waals surface area contributed by atoms with E-state index in [-0.39, 0.29) is 11.5 Å². The largest absolute Gasteiger partial charge is 0.493 e. The Kier molecular flexibility index (Phi) is 5.23. The fraction of sp³-hybridized carbons (Fsp3) is 0.0909. The van der Waals surface area contributed by atoms with Gasteiger partial charge in [-0.1, -0.05) is 18.2 Å². The first-order valence-electron chi connectivity index (χ1n) is 9.22. The number of anilines is 3. The van der Waals surface area contributed by atoms with E-state index in [1.807, 2.05) is 54.6 Å². The van der Waals surface area contributed by atoms with Gasteiger partial charge in [-0.15, -0.1) is 0 Å².